The first-order valence-electron chi connectivity index (χ1n) is 7.43. The number of rotatable bonds is 6. The van der Waals surface area contributed by atoms with Crippen LogP contribution in [0.1, 0.15) is 12.0 Å². The molecule has 23 heavy (non-hydrogen) atoms. The normalized spacial score (nSPS) is 13.0. The van der Waals surface area contributed by atoms with Crippen LogP contribution in [0.3, 0.4) is 0 Å². The van der Waals surface area contributed by atoms with Gasteiger partial charge in [0.1, 0.15) is 9.84 Å². The van der Waals surface area contributed by atoms with Gasteiger partial charge in [-0.1, -0.05) is 42.5 Å². The van der Waals surface area contributed by atoms with Gasteiger partial charge in [-0.2, -0.15) is 0 Å². The fraction of sp³-hybridized carbons (Fsp3) is 0.353. The van der Waals surface area contributed by atoms with E-state index in [2.05, 4.69) is 0 Å². The predicted molar refractivity (Wildman–Crippen MR) is 92.7 cm³/mol. The number of benzene rings is 2. The first-order valence-corrected chi connectivity index (χ1v) is 9.49. The summed E-state index contributed by atoms with van der Waals surface area (Å²) in [7, 11) is -1.43. The Morgan fingerprint density at radius 1 is 1.17 bits per heavy atom. The van der Waals surface area contributed by atoms with Crippen LogP contribution in [0.5, 0.6) is 0 Å². The van der Waals surface area contributed by atoms with Crippen molar-refractivity contribution >= 4 is 26.5 Å². The van der Waals surface area contributed by atoms with Gasteiger partial charge in [-0.15, -0.1) is 0 Å². The van der Waals surface area contributed by atoms with Gasteiger partial charge in [-0.3, -0.25) is 4.79 Å². The van der Waals surface area contributed by atoms with Crippen molar-refractivity contribution in [3.8, 4) is 0 Å². The average Bonchev–Trinajstić information content (AvgIpc) is 2.51. The largest absolute Gasteiger partial charge is 0.340 e. The van der Waals surface area contributed by atoms with Gasteiger partial charge in [0.05, 0.1) is 11.8 Å². The Hall–Kier alpha value is -1.92. The third-order valence-electron chi connectivity index (χ3n) is 3.78. The summed E-state index contributed by atoms with van der Waals surface area (Å²) in [6.45, 7) is 0.437. The van der Waals surface area contributed by atoms with Crippen LogP contribution in [0.15, 0.2) is 42.5 Å². The lowest BCUT2D eigenvalue weighted by atomic mass is 10.0. The number of sulfone groups is 1. The van der Waals surface area contributed by atoms with Crippen LogP contribution in [0.2, 0.25) is 0 Å². The Kier molecular flexibility index (Phi) is 5.38. The molecule has 0 heterocycles. The number of nitrogens with two attached hydrogens (primary N) is 1. The Bertz CT molecular complexity index is 797. The van der Waals surface area contributed by atoms with Crippen molar-refractivity contribution in [1.29, 1.82) is 0 Å². The van der Waals surface area contributed by atoms with Gasteiger partial charge in [0.2, 0.25) is 5.91 Å². The number of fused-ring (bicyclic) bond motifs is 1. The fourth-order valence-electron chi connectivity index (χ4n) is 2.51. The van der Waals surface area contributed by atoms with Crippen LogP contribution in [0, 0.1) is 0 Å². The molecular weight excluding hydrogens is 312 g/mol. The van der Waals surface area contributed by atoms with Gasteiger partial charge in [0.15, 0.2) is 0 Å². The summed E-state index contributed by atoms with van der Waals surface area (Å²) in [5.74, 6) is -0.330. The molecule has 0 bridgehead atoms. The summed E-state index contributed by atoms with van der Waals surface area (Å²) in [5, 5.41) is 2.21. The number of carbonyl (C=O) groups is 1. The second kappa shape index (κ2) is 7.10. The minimum atomic E-state index is -3.12. The highest BCUT2D eigenvalue weighted by Crippen LogP contribution is 2.19. The zero-order valence-corrected chi connectivity index (χ0v) is 14.2. The zero-order valence-electron chi connectivity index (χ0n) is 13.4. The van der Waals surface area contributed by atoms with Crippen molar-refractivity contribution < 1.29 is 13.2 Å². The van der Waals surface area contributed by atoms with E-state index >= 15 is 0 Å². The van der Waals surface area contributed by atoms with E-state index in [0.717, 1.165) is 22.6 Å². The molecule has 0 aliphatic rings. The Morgan fingerprint density at radius 2 is 1.83 bits per heavy atom. The first kappa shape index (κ1) is 17.4. The summed E-state index contributed by atoms with van der Waals surface area (Å²) in [5.41, 5.74) is 6.87. The molecule has 0 saturated carbocycles. The standard InChI is InChI=1S/C17H22N2O3S/c1-19(17(20)16(18)10-11-23(2,21)22)12-14-8-5-7-13-6-3-4-9-15(13)14/h3-9,16H,10-12,18H2,1-2H3. The minimum absolute atomic E-state index is 0.0813. The fourth-order valence-corrected chi connectivity index (χ4v) is 3.19. The Balaban J connectivity index is 2.08. The predicted octanol–water partition coefficient (Wildman–Crippen LogP) is 1.56. The Labute approximate surface area is 137 Å². The lowest BCUT2D eigenvalue weighted by Crippen LogP contribution is -2.42. The highest BCUT2D eigenvalue weighted by molar-refractivity contribution is 7.90. The molecule has 0 aliphatic heterocycles. The van der Waals surface area contributed by atoms with Crippen molar-refractivity contribution in [3.05, 3.63) is 48.0 Å². The van der Waals surface area contributed by atoms with Crippen molar-refractivity contribution in [2.45, 2.75) is 19.0 Å². The molecule has 0 saturated heterocycles. The van der Waals surface area contributed by atoms with E-state index in [4.69, 9.17) is 5.73 Å². The molecule has 0 spiro atoms. The molecule has 2 aromatic rings. The molecule has 1 amide bonds. The Morgan fingerprint density at radius 3 is 2.52 bits per heavy atom. The lowest BCUT2D eigenvalue weighted by molar-refractivity contribution is -0.131. The molecule has 1 unspecified atom stereocenters. The van der Waals surface area contributed by atoms with Crippen molar-refractivity contribution in [1.82, 2.24) is 4.90 Å². The van der Waals surface area contributed by atoms with Gasteiger partial charge in [0, 0.05) is 19.8 Å². The number of nitrogens with zero attached hydrogens (tertiary/aromatic N) is 1. The highest BCUT2D eigenvalue weighted by Gasteiger charge is 2.20. The van der Waals surface area contributed by atoms with Crippen LogP contribution in [0.25, 0.3) is 10.8 Å². The maximum atomic E-state index is 12.3. The number of hydrogen-bond acceptors (Lipinski definition) is 4. The second-order valence-corrected chi connectivity index (χ2v) is 8.12. The molecule has 1 atom stereocenters. The van der Waals surface area contributed by atoms with E-state index in [-0.39, 0.29) is 18.1 Å². The van der Waals surface area contributed by atoms with Crippen LogP contribution in [0.4, 0.5) is 0 Å². The maximum absolute atomic E-state index is 12.3. The van der Waals surface area contributed by atoms with Gasteiger partial charge < -0.3 is 10.6 Å². The van der Waals surface area contributed by atoms with Gasteiger partial charge >= 0.3 is 0 Å². The van der Waals surface area contributed by atoms with E-state index in [9.17, 15) is 13.2 Å². The molecule has 2 N–H and O–H groups in total. The molecule has 0 aliphatic carbocycles. The number of hydrogen-bond donors (Lipinski definition) is 1. The molecule has 0 radical (unpaired) electrons. The quantitative estimate of drug-likeness (QED) is 0.869. The number of likely N-dealkylation sites (N-methyl/N-ethyl adjacent to an activating group) is 1. The molecule has 0 fully saturated rings. The highest BCUT2D eigenvalue weighted by atomic mass is 32.2. The van der Waals surface area contributed by atoms with E-state index in [1.807, 2.05) is 42.5 Å². The van der Waals surface area contributed by atoms with Crippen LogP contribution in [-0.2, 0) is 21.2 Å². The summed E-state index contributed by atoms with van der Waals surface area (Å²) in [4.78, 5) is 13.9. The molecular formula is C17H22N2O3S. The van der Waals surface area contributed by atoms with Crippen LogP contribution in [-0.4, -0.2) is 44.3 Å². The molecule has 124 valence electrons. The number of carbonyl (C=O) groups excluding carboxylic acids is 1. The average molecular weight is 334 g/mol. The summed E-state index contributed by atoms with van der Waals surface area (Å²) in [6.07, 6.45) is 1.28. The van der Waals surface area contributed by atoms with E-state index < -0.39 is 15.9 Å². The molecule has 2 rings (SSSR count). The smallest absolute Gasteiger partial charge is 0.239 e. The van der Waals surface area contributed by atoms with Crippen molar-refractivity contribution in [2.75, 3.05) is 19.1 Å². The van der Waals surface area contributed by atoms with Gasteiger partial charge in [0.25, 0.3) is 0 Å². The summed E-state index contributed by atoms with van der Waals surface area (Å²) < 4.78 is 22.4. The van der Waals surface area contributed by atoms with Crippen LogP contribution < -0.4 is 5.73 Å². The van der Waals surface area contributed by atoms with Gasteiger partial charge in [-0.25, -0.2) is 8.42 Å². The van der Waals surface area contributed by atoms with E-state index in [1.54, 1.807) is 11.9 Å². The van der Waals surface area contributed by atoms with Gasteiger partial charge in [-0.05, 0) is 22.8 Å². The topological polar surface area (TPSA) is 80.5 Å². The molecule has 6 heteroatoms. The zero-order chi connectivity index (χ0) is 17.0. The molecule has 5 nitrogen and oxygen atoms in total. The molecule has 2 aromatic carbocycles. The monoisotopic (exact) mass is 334 g/mol. The SMILES string of the molecule is CN(Cc1cccc2ccccc12)C(=O)C(N)CCS(C)(=O)=O. The van der Waals surface area contributed by atoms with Crippen molar-refractivity contribution in [3.63, 3.8) is 0 Å². The number of amides is 1. The van der Waals surface area contributed by atoms with Crippen LogP contribution >= 0.6 is 0 Å². The minimum Gasteiger partial charge on any atom is -0.340 e. The van der Waals surface area contributed by atoms with E-state index in [1.165, 1.54) is 0 Å². The molecule has 0 aromatic heterocycles. The van der Waals surface area contributed by atoms with Crippen molar-refractivity contribution in [2.24, 2.45) is 5.73 Å². The summed E-state index contributed by atoms with van der Waals surface area (Å²) >= 11 is 0. The third kappa shape index (κ3) is 4.77. The lowest BCUT2D eigenvalue weighted by Gasteiger charge is -2.22. The van der Waals surface area contributed by atoms with E-state index in [0.29, 0.717) is 6.54 Å². The second-order valence-electron chi connectivity index (χ2n) is 5.86. The summed E-state index contributed by atoms with van der Waals surface area (Å²) in [6, 6.07) is 13.1. The first-order chi connectivity index (χ1) is 10.8. The third-order valence-corrected chi connectivity index (χ3v) is 4.76. The maximum Gasteiger partial charge on any atom is 0.239 e.